The van der Waals surface area contributed by atoms with Crippen molar-refractivity contribution in [2.45, 2.75) is 25.5 Å². The summed E-state index contributed by atoms with van der Waals surface area (Å²) in [5, 5.41) is 19.0. The van der Waals surface area contributed by atoms with Crippen molar-refractivity contribution in [2.75, 3.05) is 32.0 Å². The Bertz CT molecular complexity index is 520. The van der Waals surface area contributed by atoms with E-state index in [0.29, 0.717) is 4.75 Å². The Morgan fingerprint density at radius 2 is 1.74 bits per heavy atom. The van der Waals surface area contributed by atoms with Crippen molar-refractivity contribution < 1.29 is 19.6 Å². The molecule has 132 valence electrons. The maximum Gasteiger partial charge on any atom is 0.310 e. The SMILES string of the molecule is CC(C)(C)S(C)(C)C.O=C(CO)COc1ccccc1[N+](=O)[O-]. The largest absolute Gasteiger partial charge is 0.479 e. The maximum absolute atomic E-state index is 10.7. The quantitative estimate of drug-likeness (QED) is 0.654. The molecule has 0 saturated carbocycles. The average Bonchev–Trinajstić information content (AvgIpc) is 2.43. The van der Waals surface area contributed by atoms with Gasteiger partial charge < -0.3 is 9.84 Å². The summed E-state index contributed by atoms with van der Waals surface area (Å²) < 4.78 is 5.42. The second-order valence-corrected chi connectivity index (χ2v) is 11.6. The third-order valence-corrected chi connectivity index (χ3v) is 7.14. The standard InChI is InChI=1S/C9H9NO5.C7H18S/c11-5-7(12)6-15-9-4-2-1-3-8(9)10(13)14;1-7(2,3)8(4,5)6/h1-4,11H,5-6H2;1-6H3. The Hall–Kier alpha value is -1.60. The minimum Gasteiger partial charge on any atom is -0.479 e. The normalized spacial score (nSPS) is 12.0. The van der Waals surface area contributed by atoms with E-state index >= 15 is 0 Å². The lowest BCUT2D eigenvalue weighted by Crippen LogP contribution is -2.21. The number of rotatable bonds is 5. The topological polar surface area (TPSA) is 89.7 Å². The number of hydrogen-bond acceptors (Lipinski definition) is 5. The van der Waals surface area contributed by atoms with Gasteiger partial charge >= 0.3 is 5.69 Å². The highest BCUT2D eigenvalue weighted by Crippen LogP contribution is 2.48. The van der Waals surface area contributed by atoms with Crippen LogP contribution in [0.5, 0.6) is 5.75 Å². The van der Waals surface area contributed by atoms with Crippen molar-refractivity contribution in [3.63, 3.8) is 0 Å². The molecule has 0 atom stereocenters. The molecule has 0 heterocycles. The van der Waals surface area contributed by atoms with Gasteiger partial charge in [0.15, 0.2) is 11.5 Å². The van der Waals surface area contributed by atoms with E-state index in [1.807, 2.05) is 0 Å². The Labute approximate surface area is 139 Å². The molecule has 1 aromatic carbocycles. The zero-order valence-corrected chi connectivity index (χ0v) is 15.5. The molecule has 0 amide bonds. The molecule has 0 aromatic heterocycles. The highest BCUT2D eigenvalue weighted by Gasteiger charge is 2.21. The maximum atomic E-state index is 10.7. The van der Waals surface area contributed by atoms with E-state index in [9.17, 15) is 14.9 Å². The third kappa shape index (κ3) is 7.99. The minimum atomic E-state index is -0.638. The monoisotopic (exact) mass is 345 g/mol. The first-order valence-electron chi connectivity index (χ1n) is 7.07. The second-order valence-electron chi connectivity index (χ2n) is 6.66. The molecular formula is C16H27NO5S. The highest BCUT2D eigenvalue weighted by atomic mass is 32.3. The van der Waals surface area contributed by atoms with Gasteiger partial charge in [-0.15, -0.1) is 0 Å². The van der Waals surface area contributed by atoms with Crippen molar-refractivity contribution in [2.24, 2.45) is 0 Å². The number of hydrogen-bond donors (Lipinski definition) is 1. The van der Waals surface area contributed by atoms with Gasteiger partial charge in [0, 0.05) is 6.07 Å². The molecule has 1 aromatic rings. The average molecular weight is 345 g/mol. The Balaban J connectivity index is 0.000000515. The van der Waals surface area contributed by atoms with Crippen LogP contribution in [0.4, 0.5) is 5.69 Å². The Morgan fingerprint density at radius 1 is 1.26 bits per heavy atom. The van der Waals surface area contributed by atoms with E-state index in [0.717, 1.165) is 0 Å². The summed E-state index contributed by atoms with van der Waals surface area (Å²) in [6.45, 7) is 5.91. The van der Waals surface area contributed by atoms with Crippen LogP contribution in [-0.4, -0.2) is 52.5 Å². The zero-order chi connectivity index (χ0) is 18.3. The number of ether oxygens (including phenoxy) is 1. The van der Waals surface area contributed by atoms with Gasteiger partial charge in [-0.05, 0) is 29.6 Å². The molecule has 6 nitrogen and oxygen atoms in total. The number of ketones is 1. The predicted octanol–water partition coefficient (Wildman–Crippen LogP) is 3.01. The summed E-state index contributed by atoms with van der Waals surface area (Å²) in [5.74, 6) is -0.516. The van der Waals surface area contributed by atoms with Gasteiger partial charge in [-0.3, -0.25) is 14.9 Å². The van der Waals surface area contributed by atoms with E-state index in [-0.39, 0.29) is 28.1 Å². The molecule has 0 unspecified atom stereocenters. The smallest absolute Gasteiger partial charge is 0.310 e. The van der Waals surface area contributed by atoms with Gasteiger partial charge in [-0.2, -0.15) is 0 Å². The Kier molecular flexibility index (Phi) is 8.26. The van der Waals surface area contributed by atoms with Crippen LogP contribution in [0.15, 0.2) is 24.3 Å². The molecule has 0 aliphatic carbocycles. The van der Waals surface area contributed by atoms with Crippen LogP contribution in [0.3, 0.4) is 0 Å². The lowest BCUT2D eigenvalue weighted by Gasteiger charge is -2.40. The fourth-order valence-corrected chi connectivity index (χ4v) is 0.934. The first-order chi connectivity index (χ1) is 10.4. The lowest BCUT2D eigenvalue weighted by molar-refractivity contribution is -0.385. The van der Waals surface area contributed by atoms with Gasteiger partial charge in [-0.25, -0.2) is 10.0 Å². The molecule has 7 heteroatoms. The summed E-state index contributed by atoms with van der Waals surface area (Å²) >= 11 is 0. The van der Waals surface area contributed by atoms with Crippen LogP contribution in [0.25, 0.3) is 0 Å². The van der Waals surface area contributed by atoms with Gasteiger partial charge in [0.1, 0.15) is 13.2 Å². The molecule has 0 bridgehead atoms. The Morgan fingerprint density at radius 3 is 2.13 bits per heavy atom. The molecule has 23 heavy (non-hydrogen) atoms. The number of aliphatic hydroxyl groups is 1. The van der Waals surface area contributed by atoms with Crippen molar-refractivity contribution in [3.05, 3.63) is 34.4 Å². The highest BCUT2D eigenvalue weighted by molar-refractivity contribution is 8.33. The molecule has 1 rings (SSSR count). The van der Waals surface area contributed by atoms with Crippen molar-refractivity contribution in [3.8, 4) is 5.75 Å². The van der Waals surface area contributed by atoms with E-state index in [1.165, 1.54) is 18.2 Å². The summed E-state index contributed by atoms with van der Waals surface area (Å²) in [6, 6.07) is 5.73. The predicted molar refractivity (Wildman–Crippen MR) is 95.8 cm³/mol. The van der Waals surface area contributed by atoms with Crippen molar-refractivity contribution in [1.82, 2.24) is 0 Å². The summed E-state index contributed by atoms with van der Waals surface area (Å²) in [6.07, 6.45) is 7.06. The number of nitrogens with zero attached hydrogens (tertiary/aromatic N) is 1. The van der Waals surface area contributed by atoms with E-state index < -0.39 is 17.3 Å². The van der Waals surface area contributed by atoms with Crippen LogP contribution >= 0.6 is 10.0 Å². The van der Waals surface area contributed by atoms with Crippen LogP contribution in [0.2, 0.25) is 0 Å². The summed E-state index contributed by atoms with van der Waals surface area (Å²) in [4.78, 5) is 20.7. The molecule has 0 saturated heterocycles. The molecule has 1 N–H and O–H groups in total. The number of carbonyl (C=O) groups is 1. The molecule has 0 aliphatic rings. The van der Waals surface area contributed by atoms with Gasteiger partial charge in [-0.1, -0.05) is 32.9 Å². The van der Waals surface area contributed by atoms with Gasteiger partial charge in [0.05, 0.1) is 4.92 Å². The number of aliphatic hydroxyl groups excluding tert-OH is 1. The molecule has 0 aliphatic heterocycles. The first kappa shape index (κ1) is 21.4. The van der Waals surface area contributed by atoms with Crippen LogP contribution in [0, 0.1) is 10.1 Å². The van der Waals surface area contributed by atoms with Gasteiger partial charge in [0.25, 0.3) is 0 Å². The molecule has 0 radical (unpaired) electrons. The van der Waals surface area contributed by atoms with Crippen molar-refractivity contribution in [1.29, 1.82) is 0 Å². The van der Waals surface area contributed by atoms with Crippen LogP contribution in [-0.2, 0) is 4.79 Å². The fraction of sp³-hybridized carbons (Fsp3) is 0.562. The molecule has 0 spiro atoms. The number of nitro benzene ring substituents is 1. The number of carbonyl (C=O) groups excluding carboxylic acids is 1. The number of Topliss-reactive ketones (excluding diaryl/α,β-unsaturated/α-hetero) is 1. The fourth-order valence-electron chi connectivity index (χ4n) is 0.934. The molecular weight excluding hydrogens is 318 g/mol. The zero-order valence-electron chi connectivity index (χ0n) is 14.7. The van der Waals surface area contributed by atoms with Crippen LogP contribution < -0.4 is 4.74 Å². The third-order valence-electron chi connectivity index (χ3n) is 3.46. The molecule has 0 fully saturated rings. The van der Waals surface area contributed by atoms with E-state index in [2.05, 4.69) is 39.5 Å². The summed E-state index contributed by atoms with van der Waals surface area (Å²) in [7, 11) is -0.340. The van der Waals surface area contributed by atoms with Gasteiger partial charge in [0.2, 0.25) is 0 Å². The number of para-hydroxylation sites is 2. The lowest BCUT2D eigenvalue weighted by atomic mass is 10.3. The van der Waals surface area contributed by atoms with Crippen molar-refractivity contribution >= 4 is 21.5 Å². The first-order valence-corrected chi connectivity index (χ1v) is 9.92. The summed E-state index contributed by atoms with van der Waals surface area (Å²) in [5.41, 5.74) is -0.205. The minimum absolute atomic E-state index is 0.0179. The van der Waals surface area contributed by atoms with E-state index in [1.54, 1.807) is 6.07 Å². The van der Waals surface area contributed by atoms with Crippen LogP contribution in [0.1, 0.15) is 20.8 Å². The van der Waals surface area contributed by atoms with E-state index in [4.69, 9.17) is 9.84 Å². The second kappa shape index (κ2) is 8.88. The number of benzene rings is 1. The number of nitro groups is 1.